The van der Waals surface area contributed by atoms with Crippen molar-refractivity contribution in [3.8, 4) is 0 Å². The molecule has 0 saturated carbocycles. The minimum atomic E-state index is -0.461. The van der Waals surface area contributed by atoms with Crippen LogP contribution in [-0.2, 0) is 12.8 Å². The maximum atomic E-state index is 10.2. The highest BCUT2D eigenvalue weighted by molar-refractivity contribution is 6.30. The van der Waals surface area contributed by atoms with Crippen LogP contribution in [-0.4, -0.2) is 5.11 Å². The van der Waals surface area contributed by atoms with Crippen molar-refractivity contribution in [2.45, 2.75) is 25.9 Å². The van der Waals surface area contributed by atoms with Gasteiger partial charge in [-0.1, -0.05) is 54.9 Å². The van der Waals surface area contributed by atoms with Gasteiger partial charge in [0.25, 0.3) is 0 Å². The fourth-order valence-electron chi connectivity index (χ4n) is 1.94. The molecule has 2 rings (SSSR count). The van der Waals surface area contributed by atoms with E-state index in [1.807, 2.05) is 36.4 Å². The first-order valence-electron chi connectivity index (χ1n) is 6.20. The zero-order valence-electron chi connectivity index (χ0n) is 10.4. The summed E-state index contributed by atoms with van der Waals surface area (Å²) < 4.78 is 0. The summed E-state index contributed by atoms with van der Waals surface area (Å²) in [5.41, 5.74) is 3.34. The predicted molar refractivity (Wildman–Crippen MR) is 75.9 cm³/mol. The van der Waals surface area contributed by atoms with Crippen LogP contribution >= 0.6 is 11.6 Å². The number of hydrogen-bond acceptors (Lipinski definition) is 1. The van der Waals surface area contributed by atoms with Crippen LogP contribution in [0.4, 0.5) is 0 Å². The first-order chi connectivity index (χ1) is 8.69. The average Bonchev–Trinajstić information content (AvgIpc) is 2.41. The van der Waals surface area contributed by atoms with Crippen LogP contribution in [0.5, 0.6) is 0 Å². The van der Waals surface area contributed by atoms with Gasteiger partial charge < -0.3 is 5.11 Å². The molecular weight excluding hydrogens is 244 g/mol. The third-order valence-corrected chi connectivity index (χ3v) is 3.37. The Bertz CT molecular complexity index is 488. The molecule has 94 valence electrons. The highest BCUT2D eigenvalue weighted by atomic mass is 35.5. The molecule has 0 fully saturated rings. The van der Waals surface area contributed by atoms with Crippen molar-refractivity contribution in [1.29, 1.82) is 0 Å². The lowest BCUT2D eigenvalue weighted by atomic mass is 10.00. The Morgan fingerprint density at radius 1 is 0.944 bits per heavy atom. The second kappa shape index (κ2) is 6.03. The number of aliphatic hydroxyl groups is 1. The van der Waals surface area contributed by atoms with Gasteiger partial charge >= 0.3 is 0 Å². The first-order valence-corrected chi connectivity index (χ1v) is 6.58. The van der Waals surface area contributed by atoms with Crippen LogP contribution in [0.3, 0.4) is 0 Å². The van der Waals surface area contributed by atoms with E-state index in [2.05, 4.69) is 19.1 Å². The van der Waals surface area contributed by atoms with Gasteiger partial charge in [0.15, 0.2) is 0 Å². The minimum absolute atomic E-state index is 0.461. The van der Waals surface area contributed by atoms with Crippen LogP contribution in [0.25, 0.3) is 0 Å². The van der Waals surface area contributed by atoms with Crippen molar-refractivity contribution in [1.82, 2.24) is 0 Å². The summed E-state index contributed by atoms with van der Waals surface area (Å²) in [6.45, 7) is 2.12. The van der Waals surface area contributed by atoms with Crippen LogP contribution in [0.1, 0.15) is 29.7 Å². The maximum Gasteiger partial charge on any atom is 0.0830 e. The molecule has 0 radical (unpaired) electrons. The van der Waals surface area contributed by atoms with Gasteiger partial charge in [-0.05, 0) is 35.2 Å². The SMILES string of the molecule is CCc1ccc(C(O)Cc2ccc(Cl)cc2)cc1. The average molecular weight is 261 g/mol. The Balaban J connectivity index is 2.06. The summed E-state index contributed by atoms with van der Waals surface area (Å²) in [7, 11) is 0. The number of benzene rings is 2. The van der Waals surface area contributed by atoms with E-state index in [4.69, 9.17) is 11.6 Å². The molecule has 0 aliphatic rings. The lowest BCUT2D eigenvalue weighted by Crippen LogP contribution is -2.01. The van der Waals surface area contributed by atoms with Crippen LogP contribution in [0.15, 0.2) is 48.5 Å². The molecule has 2 aromatic rings. The Hall–Kier alpha value is -1.31. The molecule has 1 unspecified atom stereocenters. The molecule has 0 aromatic heterocycles. The third kappa shape index (κ3) is 3.34. The summed E-state index contributed by atoms with van der Waals surface area (Å²) >= 11 is 5.84. The normalized spacial score (nSPS) is 12.4. The number of halogens is 1. The van der Waals surface area contributed by atoms with Crippen LogP contribution in [0, 0.1) is 0 Å². The lowest BCUT2D eigenvalue weighted by Gasteiger charge is -2.11. The molecule has 0 heterocycles. The second-order valence-electron chi connectivity index (χ2n) is 4.44. The van der Waals surface area contributed by atoms with Gasteiger partial charge in [-0.3, -0.25) is 0 Å². The van der Waals surface area contributed by atoms with Crippen LogP contribution < -0.4 is 0 Å². The lowest BCUT2D eigenvalue weighted by molar-refractivity contribution is 0.178. The van der Waals surface area contributed by atoms with E-state index in [-0.39, 0.29) is 0 Å². The largest absolute Gasteiger partial charge is 0.388 e. The minimum Gasteiger partial charge on any atom is -0.388 e. The van der Waals surface area contributed by atoms with E-state index in [9.17, 15) is 5.11 Å². The zero-order valence-corrected chi connectivity index (χ0v) is 11.2. The molecule has 0 aliphatic carbocycles. The van der Waals surface area contributed by atoms with Crippen molar-refractivity contribution >= 4 is 11.6 Å². The summed E-state index contributed by atoms with van der Waals surface area (Å²) in [4.78, 5) is 0. The van der Waals surface area contributed by atoms with Crippen molar-refractivity contribution in [3.63, 3.8) is 0 Å². The van der Waals surface area contributed by atoms with Crippen molar-refractivity contribution in [3.05, 3.63) is 70.2 Å². The maximum absolute atomic E-state index is 10.2. The summed E-state index contributed by atoms with van der Waals surface area (Å²) in [5.74, 6) is 0. The molecule has 1 atom stereocenters. The van der Waals surface area contributed by atoms with Gasteiger partial charge in [-0.25, -0.2) is 0 Å². The van der Waals surface area contributed by atoms with E-state index in [1.54, 1.807) is 0 Å². The first kappa shape index (κ1) is 13.1. The van der Waals surface area contributed by atoms with Crippen molar-refractivity contribution < 1.29 is 5.11 Å². The van der Waals surface area contributed by atoms with E-state index in [0.29, 0.717) is 6.42 Å². The molecule has 18 heavy (non-hydrogen) atoms. The monoisotopic (exact) mass is 260 g/mol. The van der Waals surface area contributed by atoms with Gasteiger partial charge in [-0.2, -0.15) is 0 Å². The Morgan fingerprint density at radius 3 is 2.06 bits per heavy atom. The fourth-order valence-corrected chi connectivity index (χ4v) is 2.06. The number of hydrogen-bond donors (Lipinski definition) is 1. The quantitative estimate of drug-likeness (QED) is 0.874. The molecule has 0 aliphatic heterocycles. The smallest absolute Gasteiger partial charge is 0.0830 e. The van der Waals surface area contributed by atoms with E-state index < -0.39 is 6.10 Å². The molecule has 0 spiro atoms. The summed E-state index contributed by atoms with van der Waals surface area (Å²) in [6.07, 6.45) is 1.17. The fraction of sp³-hybridized carbons (Fsp3) is 0.250. The second-order valence-corrected chi connectivity index (χ2v) is 4.88. The van der Waals surface area contributed by atoms with E-state index >= 15 is 0 Å². The number of aryl methyl sites for hydroxylation is 1. The van der Waals surface area contributed by atoms with Gasteiger partial charge in [0, 0.05) is 11.4 Å². The molecule has 2 heteroatoms. The molecule has 1 nitrogen and oxygen atoms in total. The molecular formula is C16H17ClO. The molecule has 0 bridgehead atoms. The zero-order chi connectivity index (χ0) is 13.0. The molecule has 0 amide bonds. The van der Waals surface area contributed by atoms with Gasteiger partial charge in [0.2, 0.25) is 0 Å². The topological polar surface area (TPSA) is 20.2 Å². The van der Waals surface area contributed by atoms with Gasteiger partial charge in [-0.15, -0.1) is 0 Å². The van der Waals surface area contributed by atoms with Gasteiger partial charge in [0.1, 0.15) is 0 Å². The number of aliphatic hydroxyl groups excluding tert-OH is 1. The molecule has 0 saturated heterocycles. The Labute approximate surface area is 113 Å². The Morgan fingerprint density at radius 2 is 1.50 bits per heavy atom. The van der Waals surface area contributed by atoms with Crippen LogP contribution in [0.2, 0.25) is 5.02 Å². The van der Waals surface area contributed by atoms with E-state index in [1.165, 1.54) is 5.56 Å². The summed E-state index contributed by atoms with van der Waals surface area (Å²) in [6, 6.07) is 15.7. The highest BCUT2D eigenvalue weighted by Crippen LogP contribution is 2.20. The predicted octanol–water partition coefficient (Wildman–Crippen LogP) is 4.18. The van der Waals surface area contributed by atoms with E-state index in [0.717, 1.165) is 22.6 Å². The Kier molecular flexibility index (Phi) is 4.40. The highest BCUT2D eigenvalue weighted by Gasteiger charge is 2.08. The standard InChI is InChI=1S/C16H17ClO/c1-2-12-3-7-14(8-4-12)16(18)11-13-5-9-15(17)10-6-13/h3-10,16,18H,2,11H2,1H3. The van der Waals surface area contributed by atoms with Gasteiger partial charge in [0.05, 0.1) is 6.10 Å². The number of rotatable bonds is 4. The van der Waals surface area contributed by atoms with Crippen molar-refractivity contribution in [2.75, 3.05) is 0 Å². The van der Waals surface area contributed by atoms with Crippen molar-refractivity contribution in [2.24, 2.45) is 0 Å². The summed E-state index contributed by atoms with van der Waals surface area (Å²) in [5, 5.41) is 10.9. The molecule has 2 aromatic carbocycles. The molecule has 1 N–H and O–H groups in total. The third-order valence-electron chi connectivity index (χ3n) is 3.12.